The topological polar surface area (TPSA) is 55.1 Å². The van der Waals surface area contributed by atoms with Gasteiger partial charge < -0.3 is 11.1 Å². The number of anilines is 2. The zero-order valence-electron chi connectivity index (χ0n) is 10.4. The van der Waals surface area contributed by atoms with E-state index in [2.05, 4.69) is 5.32 Å². The number of nitrogens with two attached hydrogens (primary N) is 1. The molecule has 0 atom stereocenters. The van der Waals surface area contributed by atoms with Crippen LogP contribution in [0.2, 0.25) is 0 Å². The monoisotopic (exact) mass is 294 g/mol. The maximum atomic E-state index is 13.4. The van der Waals surface area contributed by atoms with E-state index >= 15 is 0 Å². The Hall–Kier alpha value is -2.08. The van der Waals surface area contributed by atoms with Crippen molar-refractivity contribution < 1.29 is 13.6 Å². The molecule has 104 valence electrons. The van der Waals surface area contributed by atoms with Gasteiger partial charge in [-0.05, 0) is 42.5 Å². The summed E-state index contributed by atoms with van der Waals surface area (Å²) in [6, 6.07) is 9.75. The molecule has 2 aromatic rings. The molecule has 0 aromatic heterocycles. The summed E-state index contributed by atoms with van der Waals surface area (Å²) in [4.78, 5) is 12.5. The Balaban J connectivity index is 1.92. The number of benzene rings is 2. The van der Waals surface area contributed by atoms with Crippen molar-refractivity contribution in [3.05, 3.63) is 54.1 Å². The van der Waals surface area contributed by atoms with Gasteiger partial charge in [-0.15, -0.1) is 11.8 Å². The average molecular weight is 294 g/mol. The predicted octanol–water partition coefficient (Wildman–Crippen LogP) is 3.28. The standard InChI is InChI=1S/C14H12F2N2OS/c15-9-1-4-11(5-2-9)20-8-14(19)18-13-7-10(17)3-6-12(13)16/h1-7H,8,17H2,(H,18,19). The summed E-state index contributed by atoms with van der Waals surface area (Å²) in [6.07, 6.45) is 0. The Bertz CT molecular complexity index is 617. The zero-order chi connectivity index (χ0) is 14.5. The van der Waals surface area contributed by atoms with Crippen LogP contribution in [0.15, 0.2) is 47.4 Å². The minimum Gasteiger partial charge on any atom is -0.399 e. The molecule has 0 aliphatic carbocycles. The smallest absolute Gasteiger partial charge is 0.234 e. The van der Waals surface area contributed by atoms with E-state index < -0.39 is 5.82 Å². The summed E-state index contributed by atoms with van der Waals surface area (Å²) in [5, 5.41) is 2.44. The summed E-state index contributed by atoms with van der Waals surface area (Å²) in [7, 11) is 0. The maximum absolute atomic E-state index is 13.4. The quantitative estimate of drug-likeness (QED) is 0.672. The number of hydrogen-bond acceptors (Lipinski definition) is 3. The van der Waals surface area contributed by atoms with Gasteiger partial charge in [-0.1, -0.05) is 0 Å². The molecule has 3 nitrogen and oxygen atoms in total. The van der Waals surface area contributed by atoms with Crippen LogP contribution < -0.4 is 11.1 Å². The van der Waals surface area contributed by atoms with Gasteiger partial charge in [-0.25, -0.2) is 8.78 Å². The van der Waals surface area contributed by atoms with E-state index in [9.17, 15) is 13.6 Å². The fourth-order valence-electron chi connectivity index (χ4n) is 1.50. The molecule has 0 spiro atoms. The highest BCUT2D eigenvalue weighted by Crippen LogP contribution is 2.20. The number of nitrogen functional groups attached to an aromatic ring is 1. The summed E-state index contributed by atoms with van der Waals surface area (Å²) < 4.78 is 26.1. The second-order valence-corrected chi connectivity index (χ2v) is 5.08. The first-order valence-electron chi connectivity index (χ1n) is 5.78. The molecular weight excluding hydrogens is 282 g/mol. The highest BCUT2D eigenvalue weighted by Gasteiger charge is 2.08. The Kier molecular flexibility index (Phi) is 4.57. The molecule has 20 heavy (non-hydrogen) atoms. The first-order chi connectivity index (χ1) is 9.54. The summed E-state index contributed by atoms with van der Waals surface area (Å²) in [6.45, 7) is 0. The largest absolute Gasteiger partial charge is 0.399 e. The number of hydrogen-bond donors (Lipinski definition) is 2. The molecule has 2 rings (SSSR count). The second kappa shape index (κ2) is 6.38. The van der Waals surface area contributed by atoms with Gasteiger partial charge in [0.25, 0.3) is 0 Å². The third kappa shape index (κ3) is 3.96. The van der Waals surface area contributed by atoms with Crippen LogP contribution >= 0.6 is 11.8 Å². The van der Waals surface area contributed by atoms with Crippen LogP contribution in [-0.2, 0) is 4.79 Å². The van der Waals surface area contributed by atoms with Crippen LogP contribution in [0.25, 0.3) is 0 Å². The summed E-state index contributed by atoms with van der Waals surface area (Å²) >= 11 is 1.23. The molecule has 0 saturated heterocycles. The second-order valence-electron chi connectivity index (χ2n) is 4.03. The molecule has 0 aliphatic rings. The van der Waals surface area contributed by atoms with Crippen LogP contribution in [0.1, 0.15) is 0 Å². The molecular formula is C14H12F2N2OS. The van der Waals surface area contributed by atoms with Gasteiger partial charge in [0.1, 0.15) is 11.6 Å². The predicted molar refractivity (Wildman–Crippen MR) is 76.6 cm³/mol. The minimum absolute atomic E-state index is 0.0507. The number of carbonyl (C=O) groups is 1. The van der Waals surface area contributed by atoms with Crippen molar-refractivity contribution in [1.29, 1.82) is 0 Å². The van der Waals surface area contributed by atoms with E-state index in [4.69, 9.17) is 5.73 Å². The van der Waals surface area contributed by atoms with Crippen molar-refractivity contribution in [1.82, 2.24) is 0 Å². The first-order valence-corrected chi connectivity index (χ1v) is 6.76. The number of nitrogens with one attached hydrogen (secondary N) is 1. The van der Waals surface area contributed by atoms with Gasteiger partial charge in [0.15, 0.2) is 0 Å². The number of carbonyl (C=O) groups excluding carboxylic acids is 1. The SMILES string of the molecule is Nc1ccc(F)c(NC(=O)CSc2ccc(F)cc2)c1. The molecule has 0 heterocycles. The molecule has 0 saturated carbocycles. The fraction of sp³-hybridized carbons (Fsp3) is 0.0714. The van der Waals surface area contributed by atoms with Crippen molar-refractivity contribution in [3.8, 4) is 0 Å². The lowest BCUT2D eigenvalue weighted by Gasteiger charge is -2.07. The number of rotatable bonds is 4. The highest BCUT2D eigenvalue weighted by molar-refractivity contribution is 8.00. The van der Waals surface area contributed by atoms with Gasteiger partial charge in [-0.2, -0.15) is 0 Å². The number of amides is 1. The van der Waals surface area contributed by atoms with E-state index in [0.717, 1.165) is 4.90 Å². The summed E-state index contributed by atoms with van der Waals surface area (Å²) in [5.41, 5.74) is 5.94. The highest BCUT2D eigenvalue weighted by atomic mass is 32.2. The van der Waals surface area contributed by atoms with Crippen LogP contribution in [-0.4, -0.2) is 11.7 Å². The first kappa shape index (κ1) is 14.3. The number of halogens is 2. The van der Waals surface area contributed by atoms with Crippen LogP contribution in [0, 0.1) is 11.6 Å². The fourth-order valence-corrected chi connectivity index (χ4v) is 2.20. The third-order valence-electron chi connectivity index (χ3n) is 2.45. The zero-order valence-corrected chi connectivity index (χ0v) is 11.2. The normalized spacial score (nSPS) is 10.3. The molecule has 0 aliphatic heterocycles. The molecule has 1 amide bonds. The van der Waals surface area contributed by atoms with Crippen molar-refractivity contribution in [2.45, 2.75) is 4.90 Å². The number of thioether (sulfide) groups is 1. The van der Waals surface area contributed by atoms with E-state index in [1.165, 1.54) is 42.1 Å². The lowest BCUT2D eigenvalue weighted by molar-refractivity contribution is -0.113. The van der Waals surface area contributed by atoms with Crippen LogP contribution in [0.5, 0.6) is 0 Å². The lowest BCUT2D eigenvalue weighted by Crippen LogP contribution is -2.15. The lowest BCUT2D eigenvalue weighted by atomic mass is 10.2. The van der Waals surface area contributed by atoms with Gasteiger partial charge in [0.2, 0.25) is 5.91 Å². The molecule has 6 heteroatoms. The van der Waals surface area contributed by atoms with E-state index in [0.29, 0.717) is 5.69 Å². The van der Waals surface area contributed by atoms with Gasteiger partial charge in [-0.3, -0.25) is 4.79 Å². The van der Waals surface area contributed by atoms with Gasteiger partial charge >= 0.3 is 0 Å². The molecule has 2 aromatic carbocycles. The maximum Gasteiger partial charge on any atom is 0.234 e. The van der Waals surface area contributed by atoms with Gasteiger partial charge in [0, 0.05) is 10.6 Å². The minimum atomic E-state index is -0.542. The Morgan fingerprint density at radius 1 is 1.15 bits per heavy atom. The average Bonchev–Trinajstić information content (AvgIpc) is 2.42. The van der Waals surface area contributed by atoms with Crippen LogP contribution in [0.3, 0.4) is 0 Å². The van der Waals surface area contributed by atoms with E-state index in [1.807, 2.05) is 0 Å². The van der Waals surface area contributed by atoms with Gasteiger partial charge in [0.05, 0.1) is 11.4 Å². The summed E-state index contributed by atoms with van der Waals surface area (Å²) in [5.74, 6) is -1.14. The van der Waals surface area contributed by atoms with Crippen molar-refractivity contribution in [3.63, 3.8) is 0 Å². The Labute approximate surface area is 119 Å². The molecule has 0 bridgehead atoms. The van der Waals surface area contributed by atoms with Crippen molar-refractivity contribution in [2.24, 2.45) is 0 Å². The third-order valence-corrected chi connectivity index (χ3v) is 3.46. The Morgan fingerprint density at radius 3 is 2.55 bits per heavy atom. The molecule has 3 N–H and O–H groups in total. The molecule has 0 radical (unpaired) electrons. The molecule has 0 fully saturated rings. The van der Waals surface area contributed by atoms with Crippen molar-refractivity contribution >= 4 is 29.0 Å². The Morgan fingerprint density at radius 2 is 1.85 bits per heavy atom. The van der Waals surface area contributed by atoms with E-state index in [-0.39, 0.29) is 23.2 Å². The van der Waals surface area contributed by atoms with Crippen molar-refractivity contribution in [2.75, 3.05) is 16.8 Å². The van der Waals surface area contributed by atoms with Crippen LogP contribution in [0.4, 0.5) is 20.2 Å². The molecule has 0 unspecified atom stereocenters. The van der Waals surface area contributed by atoms with E-state index in [1.54, 1.807) is 12.1 Å².